The van der Waals surface area contributed by atoms with Crippen LogP contribution in [0.5, 0.6) is 0 Å². The van der Waals surface area contributed by atoms with E-state index in [2.05, 4.69) is 15.5 Å². The molecule has 2 aromatic rings. The molecule has 0 spiro atoms. The topological polar surface area (TPSA) is 77.8 Å². The fourth-order valence-corrected chi connectivity index (χ4v) is 1.67. The number of aromatic amines is 2. The number of nitrogens with one attached hydrogen (secondary N) is 3. The summed E-state index contributed by atoms with van der Waals surface area (Å²) in [7, 11) is 0. The van der Waals surface area contributed by atoms with Gasteiger partial charge in [-0.2, -0.15) is 0 Å². The highest BCUT2D eigenvalue weighted by molar-refractivity contribution is 5.90. The van der Waals surface area contributed by atoms with Crippen LogP contribution in [0.15, 0.2) is 35.1 Å². The lowest BCUT2D eigenvalue weighted by molar-refractivity contribution is -0.116. The molecule has 0 bridgehead atoms. The van der Waals surface area contributed by atoms with Crippen LogP contribution in [0.4, 0.5) is 5.69 Å². The highest BCUT2D eigenvalue weighted by Gasteiger charge is 2.03. The Bertz CT molecular complexity index is 581. The summed E-state index contributed by atoms with van der Waals surface area (Å²) in [5.41, 5.74) is 2.22. The Morgan fingerprint density at radius 2 is 1.94 bits per heavy atom. The molecule has 0 radical (unpaired) electrons. The Morgan fingerprint density at radius 1 is 1.22 bits per heavy atom. The molecule has 0 saturated heterocycles. The molecule has 0 saturated carbocycles. The maximum atomic E-state index is 11.4. The van der Waals surface area contributed by atoms with Crippen molar-refractivity contribution in [1.82, 2.24) is 10.2 Å². The van der Waals surface area contributed by atoms with Gasteiger partial charge in [0.05, 0.1) is 5.69 Å². The number of benzene rings is 1. The van der Waals surface area contributed by atoms with Crippen LogP contribution in [0.25, 0.3) is 11.3 Å². The maximum absolute atomic E-state index is 11.4. The van der Waals surface area contributed by atoms with Gasteiger partial charge in [-0.25, -0.2) is 0 Å². The van der Waals surface area contributed by atoms with Crippen LogP contribution in [0.1, 0.15) is 19.8 Å². The minimum atomic E-state index is -0.162. The van der Waals surface area contributed by atoms with Crippen LogP contribution in [-0.2, 0) is 4.79 Å². The summed E-state index contributed by atoms with van der Waals surface area (Å²) in [4.78, 5) is 22.4. The molecule has 94 valence electrons. The van der Waals surface area contributed by atoms with Gasteiger partial charge < -0.3 is 5.32 Å². The van der Waals surface area contributed by atoms with Gasteiger partial charge in [-0.05, 0) is 24.1 Å². The molecule has 2 rings (SSSR count). The third kappa shape index (κ3) is 2.88. The van der Waals surface area contributed by atoms with Crippen LogP contribution >= 0.6 is 0 Å². The number of amides is 1. The molecule has 18 heavy (non-hydrogen) atoms. The molecular weight excluding hydrogens is 230 g/mol. The van der Waals surface area contributed by atoms with Crippen molar-refractivity contribution < 1.29 is 4.79 Å². The van der Waals surface area contributed by atoms with E-state index in [0.717, 1.165) is 23.4 Å². The van der Waals surface area contributed by atoms with Crippen molar-refractivity contribution in [3.8, 4) is 11.3 Å². The number of hydrogen-bond acceptors (Lipinski definition) is 2. The van der Waals surface area contributed by atoms with E-state index in [1.165, 1.54) is 6.07 Å². The van der Waals surface area contributed by atoms with E-state index < -0.39 is 0 Å². The number of rotatable bonds is 4. The van der Waals surface area contributed by atoms with E-state index in [1.807, 2.05) is 31.2 Å². The fraction of sp³-hybridized carbons (Fsp3) is 0.231. The molecule has 1 amide bonds. The standard InChI is InChI=1S/C13H15N3O2/c1-2-3-12(17)14-10-6-4-9(5-7-10)11-8-13(18)16-15-11/h4-8H,2-3H2,1H3,(H,14,17)(H2,15,16,18). The lowest BCUT2D eigenvalue weighted by Gasteiger charge is -2.05. The quantitative estimate of drug-likeness (QED) is 0.771. The van der Waals surface area contributed by atoms with Gasteiger partial charge in [0.15, 0.2) is 0 Å². The zero-order valence-electron chi connectivity index (χ0n) is 10.1. The minimum Gasteiger partial charge on any atom is -0.326 e. The molecule has 0 aliphatic rings. The first kappa shape index (κ1) is 12.2. The highest BCUT2D eigenvalue weighted by Crippen LogP contribution is 2.18. The zero-order chi connectivity index (χ0) is 13.0. The number of H-pyrrole nitrogens is 2. The molecule has 5 nitrogen and oxygen atoms in total. The van der Waals surface area contributed by atoms with E-state index in [4.69, 9.17) is 0 Å². The summed E-state index contributed by atoms with van der Waals surface area (Å²) in [6.07, 6.45) is 1.35. The van der Waals surface area contributed by atoms with Crippen LogP contribution in [-0.4, -0.2) is 16.1 Å². The lowest BCUT2D eigenvalue weighted by Crippen LogP contribution is -2.10. The first-order chi connectivity index (χ1) is 8.69. The Kier molecular flexibility index (Phi) is 3.62. The van der Waals surface area contributed by atoms with Gasteiger partial charge >= 0.3 is 0 Å². The van der Waals surface area contributed by atoms with Crippen LogP contribution in [0, 0.1) is 0 Å². The Labute approximate surface area is 104 Å². The summed E-state index contributed by atoms with van der Waals surface area (Å²) < 4.78 is 0. The van der Waals surface area contributed by atoms with Crippen molar-refractivity contribution in [2.45, 2.75) is 19.8 Å². The number of carbonyl (C=O) groups excluding carboxylic acids is 1. The number of carbonyl (C=O) groups is 1. The molecule has 5 heteroatoms. The second-order valence-corrected chi connectivity index (χ2v) is 4.05. The first-order valence-electron chi connectivity index (χ1n) is 5.87. The second kappa shape index (κ2) is 5.35. The van der Waals surface area contributed by atoms with Gasteiger partial charge in [-0.15, -0.1) is 0 Å². The molecule has 0 aliphatic carbocycles. The van der Waals surface area contributed by atoms with E-state index in [0.29, 0.717) is 6.42 Å². The average molecular weight is 245 g/mol. The van der Waals surface area contributed by atoms with E-state index >= 15 is 0 Å². The largest absolute Gasteiger partial charge is 0.326 e. The van der Waals surface area contributed by atoms with E-state index in [9.17, 15) is 9.59 Å². The Hall–Kier alpha value is -2.30. The van der Waals surface area contributed by atoms with Gasteiger partial charge in [0.1, 0.15) is 0 Å². The van der Waals surface area contributed by atoms with Crippen molar-refractivity contribution >= 4 is 11.6 Å². The van der Waals surface area contributed by atoms with Crippen LogP contribution < -0.4 is 10.9 Å². The second-order valence-electron chi connectivity index (χ2n) is 4.05. The van der Waals surface area contributed by atoms with Gasteiger partial charge in [0.2, 0.25) is 5.91 Å². The number of aromatic nitrogens is 2. The summed E-state index contributed by atoms with van der Waals surface area (Å²) in [6.45, 7) is 1.96. The van der Waals surface area contributed by atoms with Gasteiger partial charge in [-0.3, -0.25) is 19.8 Å². The third-order valence-electron chi connectivity index (χ3n) is 2.55. The van der Waals surface area contributed by atoms with Crippen molar-refractivity contribution in [3.05, 3.63) is 40.7 Å². The predicted octanol–water partition coefficient (Wildman–Crippen LogP) is 2.11. The summed E-state index contributed by atoms with van der Waals surface area (Å²) in [5, 5.41) is 8.07. The van der Waals surface area contributed by atoms with Crippen LogP contribution in [0.3, 0.4) is 0 Å². The summed E-state index contributed by atoms with van der Waals surface area (Å²) in [5.74, 6) is 0.0142. The molecule has 0 aliphatic heterocycles. The summed E-state index contributed by atoms with van der Waals surface area (Å²) >= 11 is 0. The fourth-order valence-electron chi connectivity index (χ4n) is 1.67. The normalized spacial score (nSPS) is 10.3. The highest BCUT2D eigenvalue weighted by atomic mass is 16.1. The van der Waals surface area contributed by atoms with Crippen molar-refractivity contribution in [1.29, 1.82) is 0 Å². The Morgan fingerprint density at radius 3 is 2.50 bits per heavy atom. The molecule has 1 aromatic heterocycles. The van der Waals surface area contributed by atoms with Gasteiger partial charge in [0, 0.05) is 18.2 Å². The molecule has 1 aromatic carbocycles. The van der Waals surface area contributed by atoms with E-state index in [-0.39, 0.29) is 11.5 Å². The SMILES string of the molecule is CCCC(=O)Nc1ccc(-c2cc(=O)[nH][nH]2)cc1. The monoisotopic (exact) mass is 245 g/mol. The average Bonchev–Trinajstić information content (AvgIpc) is 2.77. The summed E-state index contributed by atoms with van der Waals surface area (Å²) in [6, 6.07) is 8.81. The van der Waals surface area contributed by atoms with Gasteiger partial charge in [0.25, 0.3) is 5.56 Å². The lowest BCUT2D eigenvalue weighted by atomic mass is 10.1. The molecule has 1 heterocycles. The molecule has 3 N–H and O–H groups in total. The third-order valence-corrected chi connectivity index (χ3v) is 2.55. The Balaban J connectivity index is 2.10. The minimum absolute atomic E-state index is 0.0142. The van der Waals surface area contributed by atoms with Crippen molar-refractivity contribution in [2.24, 2.45) is 0 Å². The van der Waals surface area contributed by atoms with Crippen molar-refractivity contribution in [3.63, 3.8) is 0 Å². The first-order valence-corrected chi connectivity index (χ1v) is 5.87. The molecular formula is C13H15N3O2. The molecule has 0 unspecified atom stereocenters. The smallest absolute Gasteiger partial charge is 0.264 e. The van der Waals surface area contributed by atoms with Gasteiger partial charge in [-0.1, -0.05) is 19.1 Å². The van der Waals surface area contributed by atoms with Crippen molar-refractivity contribution in [2.75, 3.05) is 5.32 Å². The maximum Gasteiger partial charge on any atom is 0.264 e. The number of hydrogen-bond donors (Lipinski definition) is 3. The van der Waals surface area contributed by atoms with Crippen LogP contribution in [0.2, 0.25) is 0 Å². The molecule has 0 atom stereocenters. The number of anilines is 1. The molecule has 0 fully saturated rings. The van der Waals surface area contributed by atoms with E-state index in [1.54, 1.807) is 0 Å². The predicted molar refractivity (Wildman–Crippen MR) is 70.4 cm³/mol. The zero-order valence-corrected chi connectivity index (χ0v) is 10.1.